The van der Waals surface area contributed by atoms with Gasteiger partial charge in [-0.15, -0.1) is 11.3 Å². The lowest BCUT2D eigenvalue weighted by molar-refractivity contribution is 0.262. The number of phenols is 2. The van der Waals surface area contributed by atoms with E-state index in [1.807, 2.05) is 6.07 Å². The molecule has 2 aromatic carbocycles. The van der Waals surface area contributed by atoms with Gasteiger partial charge in [0.25, 0.3) is 0 Å². The summed E-state index contributed by atoms with van der Waals surface area (Å²) in [4.78, 5) is 15.0. The van der Waals surface area contributed by atoms with Gasteiger partial charge in [0.15, 0.2) is 3.95 Å². The Bertz CT molecular complexity index is 917. The zero-order valence-corrected chi connectivity index (χ0v) is 12.7. The first-order valence-electron chi connectivity index (χ1n) is 6.24. The molecule has 0 spiro atoms. The van der Waals surface area contributed by atoms with Crippen molar-refractivity contribution < 1.29 is 15.0 Å². The number of carbonyl (C=O) groups is 1. The highest BCUT2D eigenvalue weighted by Gasteiger charge is 2.08. The minimum absolute atomic E-state index is 0.0541. The molecule has 0 saturated heterocycles. The molecule has 3 rings (SSSR count). The van der Waals surface area contributed by atoms with Gasteiger partial charge in [0.05, 0.1) is 15.9 Å². The second kappa shape index (κ2) is 5.66. The largest absolute Gasteiger partial charge is 0.508 e. The van der Waals surface area contributed by atoms with Crippen LogP contribution in [-0.2, 0) is 0 Å². The molecule has 1 aromatic heterocycles. The number of aromatic amines is 1. The molecule has 5 N–H and O–H groups in total. The third-order valence-corrected chi connectivity index (χ3v) is 4.10. The van der Waals surface area contributed by atoms with Crippen molar-refractivity contribution in [3.05, 3.63) is 40.4 Å². The normalized spacial score (nSPS) is 10.5. The first-order valence-corrected chi connectivity index (χ1v) is 7.46. The molecular formula is C14H11N3O3S2. The van der Waals surface area contributed by atoms with Crippen LogP contribution in [0.15, 0.2) is 36.4 Å². The lowest BCUT2D eigenvalue weighted by atomic mass is 10.2. The standard InChI is InChI=1S/C14H11N3O3S2/c18-8-2-4-11(19)10(6-8)16-13(20)15-7-1-3-9-12(5-7)22-14(21)17-9/h1-6,18-19H,(H,17,21)(H2,15,16,20). The predicted molar refractivity (Wildman–Crippen MR) is 89.4 cm³/mol. The van der Waals surface area contributed by atoms with Gasteiger partial charge in [-0.05, 0) is 42.5 Å². The van der Waals surface area contributed by atoms with Crippen LogP contribution >= 0.6 is 23.6 Å². The van der Waals surface area contributed by atoms with E-state index in [-0.39, 0.29) is 17.2 Å². The fourth-order valence-corrected chi connectivity index (χ4v) is 3.09. The number of nitrogens with one attached hydrogen (secondary N) is 3. The van der Waals surface area contributed by atoms with Gasteiger partial charge in [-0.3, -0.25) is 0 Å². The molecular weight excluding hydrogens is 322 g/mol. The number of urea groups is 1. The Morgan fingerprint density at radius 1 is 1.14 bits per heavy atom. The second-order valence-electron chi connectivity index (χ2n) is 4.51. The number of hydrogen-bond donors (Lipinski definition) is 5. The maximum Gasteiger partial charge on any atom is 0.323 e. The van der Waals surface area contributed by atoms with Crippen molar-refractivity contribution in [2.45, 2.75) is 0 Å². The lowest BCUT2D eigenvalue weighted by Gasteiger charge is -2.09. The minimum Gasteiger partial charge on any atom is -0.508 e. The van der Waals surface area contributed by atoms with Crippen molar-refractivity contribution >= 4 is 51.2 Å². The molecule has 0 unspecified atom stereocenters. The van der Waals surface area contributed by atoms with E-state index in [0.29, 0.717) is 9.64 Å². The number of aromatic hydroxyl groups is 2. The van der Waals surface area contributed by atoms with E-state index in [9.17, 15) is 15.0 Å². The molecule has 0 saturated carbocycles. The quantitative estimate of drug-likeness (QED) is 0.278. The molecule has 8 heteroatoms. The number of benzene rings is 2. The highest BCUT2D eigenvalue weighted by atomic mass is 32.1. The molecule has 112 valence electrons. The number of amides is 2. The van der Waals surface area contributed by atoms with Crippen LogP contribution in [-0.4, -0.2) is 21.2 Å². The monoisotopic (exact) mass is 333 g/mol. The summed E-state index contributed by atoms with van der Waals surface area (Å²) >= 11 is 6.49. The molecule has 0 aliphatic heterocycles. The van der Waals surface area contributed by atoms with Gasteiger partial charge in [0, 0.05) is 11.8 Å². The Hall–Kier alpha value is -2.58. The Kier molecular flexibility index (Phi) is 3.70. The molecule has 6 nitrogen and oxygen atoms in total. The van der Waals surface area contributed by atoms with E-state index in [2.05, 4.69) is 15.6 Å². The average Bonchev–Trinajstić information content (AvgIpc) is 2.82. The number of thiazole rings is 1. The SMILES string of the molecule is O=C(Nc1ccc2[nH]c(=S)sc2c1)Nc1cc(O)ccc1O. The van der Waals surface area contributed by atoms with E-state index in [0.717, 1.165) is 10.2 Å². The van der Waals surface area contributed by atoms with E-state index in [1.165, 1.54) is 29.5 Å². The molecule has 0 aliphatic rings. The van der Waals surface area contributed by atoms with Crippen LogP contribution in [0.2, 0.25) is 0 Å². The smallest absolute Gasteiger partial charge is 0.323 e. The third kappa shape index (κ3) is 3.02. The maximum atomic E-state index is 11.9. The summed E-state index contributed by atoms with van der Waals surface area (Å²) in [5, 5.41) is 24.1. The maximum absolute atomic E-state index is 11.9. The van der Waals surface area contributed by atoms with Crippen molar-refractivity contribution in [2.75, 3.05) is 10.6 Å². The van der Waals surface area contributed by atoms with Crippen LogP contribution in [0.3, 0.4) is 0 Å². The zero-order chi connectivity index (χ0) is 15.7. The molecule has 0 aliphatic carbocycles. The van der Waals surface area contributed by atoms with E-state index < -0.39 is 6.03 Å². The van der Waals surface area contributed by atoms with Crippen LogP contribution in [0.5, 0.6) is 11.5 Å². The number of rotatable bonds is 2. The van der Waals surface area contributed by atoms with Crippen LogP contribution < -0.4 is 10.6 Å². The van der Waals surface area contributed by atoms with E-state index >= 15 is 0 Å². The second-order valence-corrected chi connectivity index (χ2v) is 6.22. The van der Waals surface area contributed by atoms with Crippen molar-refractivity contribution in [2.24, 2.45) is 0 Å². The van der Waals surface area contributed by atoms with Crippen LogP contribution in [0.25, 0.3) is 10.2 Å². The number of anilines is 2. The van der Waals surface area contributed by atoms with E-state index in [1.54, 1.807) is 12.1 Å². The number of hydrogen-bond acceptors (Lipinski definition) is 5. The molecule has 0 atom stereocenters. The summed E-state index contributed by atoms with van der Waals surface area (Å²) < 4.78 is 1.60. The highest BCUT2D eigenvalue weighted by Crippen LogP contribution is 2.27. The van der Waals surface area contributed by atoms with Crippen molar-refractivity contribution in [3.63, 3.8) is 0 Å². The topological polar surface area (TPSA) is 97.4 Å². The van der Waals surface area contributed by atoms with Gasteiger partial charge in [-0.2, -0.15) is 0 Å². The highest BCUT2D eigenvalue weighted by molar-refractivity contribution is 7.73. The Morgan fingerprint density at radius 2 is 1.95 bits per heavy atom. The molecule has 0 fully saturated rings. The lowest BCUT2D eigenvalue weighted by Crippen LogP contribution is -2.19. The van der Waals surface area contributed by atoms with Crippen LogP contribution in [0.4, 0.5) is 16.2 Å². The Labute approximate surface area is 134 Å². The van der Waals surface area contributed by atoms with Gasteiger partial charge in [0.1, 0.15) is 11.5 Å². The molecule has 0 radical (unpaired) electrons. The van der Waals surface area contributed by atoms with Gasteiger partial charge in [-0.1, -0.05) is 0 Å². The van der Waals surface area contributed by atoms with Gasteiger partial charge in [0.2, 0.25) is 0 Å². The molecule has 3 aromatic rings. The number of carbonyl (C=O) groups excluding carboxylic acids is 1. The molecule has 0 bridgehead atoms. The fraction of sp³-hybridized carbons (Fsp3) is 0. The number of fused-ring (bicyclic) bond motifs is 1. The predicted octanol–water partition coefficient (Wildman–Crippen LogP) is 4.01. The first kappa shape index (κ1) is 14.4. The Morgan fingerprint density at radius 3 is 2.77 bits per heavy atom. The van der Waals surface area contributed by atoms with Crippen LogP contribution in [0.1, 0.15) is 0 Å². The third-order valence-electron chi connectivity index (χ3n) is 2.91. The van der Waals surface area contributed by atoms with Crippen LogP contribution in [0, 0.1) is 3.95 Å². The molecule has 2 amide bonds. The average molecular weight is 333 g/mol. The van der Waals surface area contributed by atoms with Gasteiger partial charge in [-0.25, -0.2) is 4.79 Å². The minimum atomic E-state index is -0.528. The zero-order valence-electron chi connectivity index (χ0n) is 11.1. The summed E-state index contributed by atoms with van der Waals surface area (Å²) in [6.07, 6.45) is 0. The van der Waals surface area contributed by atoms with E-state index in [4.69, 9.17) is 12.2 Å². The first-order chi connectivity index (χ1) is 10.5. The number of H-pyrrole nitrogens is 1. The van der Waals surface area contributed by atoms with Gasteiger partial charge < -0.3 is 25.8 Å². The summed E-state index contributed by atoms with van der Waals surface area (Å²) in [5.74, 6) is -0.186. The summed E-state index contributed by atoms with van der Waals surface area (Å²) in [6, 6.07) is 8.71. The van der Waals surface area contributed by atoms with Crippen molar-refractivity contribution in [3.8, 4) is 11.5 Å². The van der Waals surface area contributed by atoms with Crippen molar-refractivity contribution in [1.82, 2.24) is 4.98 Å². The molecule has 1 heterocycles. The summed E-state index contributed by atoms with van der Waals surface area (Å²) in [5.41, 5.74) is 1.62. The fourth-order valence-electron chi connectivity index (χ4n) is 1.93. The number of aromatic nitrogens is 1. The molecule has 22 heavy (non-hydrogen) atoms. The summed E-state index contributed by atoms with van der Waals surface area (Å²) in [7, 11) is 0. The van der Waals surface area contributed by atoms with Crippen molar-refractivity contribution in [1.29, 1.82) is 0 Å². The number of phenolic OH excluding ortho intramolecular Hbond substituents is 2. The summed E-state index contributed by atoms with van der Waals surface area (Å²) in [6.45, 7) is 0. The Balaban J connectivity index is 1.77. The van der Waals surface area contributed by atoms with Gasteiger partial charge >= 0.3 is 6.03 Å².